The third-order valence-corrected chi connectivity index (χ3v) is 5.46. The zero-order valence-corrected chi connectivity index (χ0v) is 16.2. The fourth-order valence-electron chi connectivity index (χ4n) is 3.81. The number of hydrogen-bond acceptors (Lipinski definition) is 3. The molecule has 4 heteroatoms. The Morgan fingerprint density at radius 2 is 2.00 bits per heavy atom. The van der Waals surface area contributed by atoms with Crippen molar-refractivity contribution in [1.82, 2.24) is 9.80 Å². The molecule has 0 N–H and O–H groups in total. The third-order valence-electron chi connectivity index (χ3n) is 5.46. The van der Waals surface area contributed by atoms with Gasteiger partial charge >= 0.3 is 0 Å². The second-order valence-corrected chi connectivity index (χ2v) is 7.57. The second-order valence-electron chi connectivity index (χ2n) is 7.57. The molecule has 1 saturated heterocycles. The molecule has 0 bridgehead atoms. The molecule has 0 aliphatic carbocycles. The minimum Gasteiger partial charge on any atom is -0.467 e. The Balaban J connectivity index is 1.67. The Kier molecular flexibility index (Phi) is 6.15. The highest BCUT2D eigenvalue weighted by molar-refractivity contribution is 5.76. The van der Waals surface area contributed by atoms with E-state index in [0.717, 1.165) is 38.1 Å². The van der Waals surface area contributed by atoms with Crippen molar-refractivity contribution in [2.24, 2.45) is 0 Å². The molecule has 1 aliphatic heterocycles. The number of aryl methyl sites for hydroxylation is 3. The smallest absolute Gasteiger partial charge is 0.223 e. The maximum absolute atomic E-state index is 13.1. The molecule has 3 rings (SSSR count). The molecule has 1 aromatic heterocycles. The van der Waals surface area contributed by atoms with Gasteiger partial charge in [-0.2, -0.15) is 0 Å². The number of furan rings is 1. The predicted octanol–water partition coefficient (Wildman–Crippen LogP) is 3.95. The van der Waals surface area contributed by atoms with Crippen LogP contribution in [0, 0.1) is 13.8 Å². The van der Waals surface area contributed by atoms with E-state index >= 15 is 0 Å². The highest BCUT2D eigenvalue weighted by atomic mass is 16.3. The summed E-state index contributed by atoms with van der Waals surface area (Å²) in [5, 5.41) is 0. The van der Waals surface area contributed by atoms with Crippen molar-refractivity contribution < 1.29 is 9.21 Å². The van der Waals surface area contributed by atoms with Crippen LogP contribution in [0.25, 0.3) is 0 Å². The van der Waals surface area contributed by atoms with E-state index in [0.29, 0.717) is 19.0 Å². The average Bonchev–Trinajstić information content (AvgIpc) is 3.13. The van der Waals surface area contributed by atoms with Gasteiger partial charge in [0.25, 0.3) is 0 Å². The minimum absolute atomic E-state index is 0.232. The summed E-state index contributed by atoms with van der Waals surface area (Å²) in [5.41, 5.74) is 3.81. The summed E-state index contributed by atoms with van der Waals surface area (Å²) < 4.78 is 5.52. The van der Waals surface area contributed by atoms with Gasteiger partial charge in [-0.15, -0.1) is 0 Å². The third kappa shape index (κ3) is 4.76. The van der Waals surface area contributed by atoms with Crippen LogP contribution >= 0.6 is 0 Å². The van der Waals surface area contributed by atoms with Gasteiger partial charge in [0.05, 0.1) is 12.8 Å². The van der Waals surface area contributed by atoms with Crippen molar-refractivity contribution in [2.45, 2.75) is 52.1 Å². The maximum atomic E-state index is 13.1. The van der Waals surface area contributed by atoms with Gasteiger partial charge in [0.2, 0.25) is 5.91 Å². The van der Waals surface area contributed by atoms with Gasteiger partial charge in [0.15, 0.2) is 0 Å². The topological polar surface area (TPSA) is 36.7 Å². The van der Waals surface area contributed by atoms with Crippen molar-refractivity contribution in [3.63, 3.8) is 0 Å². The number of piperidine rings is 1. The average molecular weight is 354 g/mol. The zero-order valence-electron chi connectivity index (χ0n) is 16.2. The van der Waals surface area contributed by atoms with E-state index in [9.17, 15) is 4.79 Å². The van der Waals surface area contributed by atoms with Crippen LogP contribution in [-0.2, 0) is 17.8 Å². The summed E-state index contributed by atoms with van der Waals surface area (Å²) in [6, 6.07) is 10.6. The van der Waals surface area contributed by atoms with Crippen LogP contribution in [0.4, 0.5) is 0 Å². The van der Waals surface area contributed by atoms with Crippen LogP contribution in [0.15, 0.2) is 41.0 Å². The molecule has 1 fully saturated rings. The van der Waals surface area contributed by atoms with Gasteiger partial charge in [-0.25, -0.2) is 0 Å². The first-order valence-corrected chi connectivity index (χ1v) is 9.59. The summed E-state index contributed by atoms with van der Waals surface area (Å²) in [7, 11) is 2.15. The quantitative estimate of drug-likeness (QED) is 0.788. The molecule has 1 aromatic carbocycles. The van der Waals surface area contributed by atoms with Crippen LogP contribution in [0.2, 0.25) is 0 Å². The minimum atomic E-state index is 0.232. The first-order chi connectivity index (χ1) is 12.5. The number of amides is 1. The number of benzene rings is 1. The zero-order chi connectivity index (χ0) is 18.5. The number of rotatable bonds is 6. The summed E-state index contributed by atoms with van der Waals surface area (Å²) >= 11 is 0. The van der Waals surface area contributed by atoms with Crippen molar-refractivity contribution in [3.8, 4) is 0 Å². The lowest BCUT2D eigenvalue weighted by atomic mass is 9.99. The predicted molar refractivity (Wildman–Crippen MR) is 104 cm³/mol. The Morgan fingerprint density at radius 1 is 1.23 bits per heavy atom. The van der Waals surface area contributed by atoms with Gasteiger partial charge in [-0.3, -0.25) is 4.79 Å². The normalized spacial score (nSPS) is 16.0. The van der Waals surface area contributed by atoms with Crippen molar-refractivity contribution in [1.29, 1.82) is 0 Å². The lowest BCUT2D eigenvalue weighted by molar-refractivity contribution is -0.135. The van der Waals surface area contributed by atoms with Crippen LogP contribution in [0.5, 0.6) is 0 Å². The van der Waals surface area contributed by atoms with Gasteiger partial charge in [-0.1, -0.05) is 23.8 Å². The Labute approximate surface area is 156 Å². The number of carbonyl (C=O) groups excluding carboxylic acids is 1. The van der Waals surface area contributed by atoms with Crippen LogP contribution < -0.4 is 0 Å². The van der Waals surface area contributed by atoms with Gasteiger partial charge < -0.3 is 14.2 Å². The highest BCUT2D eigenvalue weighted by Crippen LogP contribution is 2.21. The van der Waals surface area contributed by atoms with Crippen LogP contribution in [0.1, 0.15) is 41.7 Å². The van der Waals surface area contributed by atoms with Crippen LogP contribution in [0.3, 0.4) is 0 Å². The first kappa shape index (κ1) is 18.7. The summed E-state index contributed by atoms with van der Waals surface area (Å²) in [6.07, 6.45) is 5.10. The van der Waals surface area contributed by atoms with Gasteiger partial charge in [-0.05, 0) is 76.5 Å². The molecule has 1 amide bonds. The fraction of sp³-hybridized carbons (Fsp3) is 0.500. The fourth-order valence-corrected chi connectivity index (χ4v) is 3.81. The van der Waals surface area contributed by atoms with Gasteiger partial charge in [0, 0.05) is 12.5 Å². The molecular formula is C22H30N2O2. The molecule has 0 saturated carbocycles. The van der Waals surface area contributed by atoms with Gasteiger partial charge in [0.1, 0.15) is 5.76 Å². The second kappa shape index (κ2) is 8.54. The lowest BCUT2D eigenvalue weighted by Gasteiger charge is -2.37. The first-order valence-electron chi connectivity index (χ1n) is 9.59. The van der Waals surface area contributed by atoms with E-state index in [2.05, 4.69) is 48.9 Å². The van der Waals surface area contributed by atoms with E-state index in [4.69, 9.17) is 4.42 Å². The summed E-state index contributed by atoms with van der Waals surface area (Å²) in [5.74, 6) is 1.10. The number of hydrogen-bond donors (Lipinski definition) is 0. The van der Waals surface area contributed by atoms with E-state index in [1.807, 2.05) is 12.1 Å². The molecule has 0 spiro atoms. The van der Waals surface area contributed by atoms with Crippen molar-refractivity contribution in [2.75, 3.05) is 20.1 Å². The lowest BCUT2D eigenvalue weighted by Crippen LogP contribution is -2.46. The van der Waals surface area contributed by atoms with Crippen molar-refractivity contribution >= 4 is 5.91 Å². The van der Waals surface area contributed by atoms with Crippen LogP contribution in [-0.4, -0.2) is 41.9 Å². The molecule has 2 heterocycles. The van der Waals surface area contributed by atoms with E-state index in [1.165, 1.54) is 16.7 Å². The molecule has 4 nitrogen and oxygen atoms in total. The number of nitrogens with zero attached hydrogens (tertiary/aromatic N) is 2. The molecule has 0 unspecified atom stereocenters. The Morgan fingerprint density at radius 3 is 2.65 bits per heavy atom. The number of carbonyl (C=O) groups is 1. The highest BCUT2D eigenvalue weighted by Gasteiger charge is 2.27. The summed E-state index contributed by atoms with van der Waals surface area (Å²) in [4.78, 5) is 17.5. The van der Waals surface area contributed by atoms with E-state index < -0.39 is 0 Å². The van der Waals surface area contributed by atoms with E-state index in [1.54, 1.807) is 6.26 Å². The number of likely N-dealkylation sites (tertiary alicyclic amines) is 1. The monoisotopic (exact) mass is 354 g/mol. The van der Waals surface area contributed by atoms with Crippen molar-refractivity contribution in [3.05, 3.63) is 59.0 Å². The molecule has 1 aliphatic rings. The standard InChI is InChI=1S/C22H30N2O2/c1-17-6-7-19(18(2)15-17)8-9-22(25)24(16-21-5-4-14-26-21)20-10-12-23(3)13-11-20/h4-7,14-15,20H,8-13,16H2,1-3H3. The SMILES string of the molecule is Cc1ccc(CCC(=O)N(Cc2ccco2)C2CCN(C)CC2)c(C)c1. The molecule has 140 valence electrons. The Bertz CT molecular complexity index is 716. The maximum Gasteiger partial charge on any atom is 0.223 e. The van der Waals surface area contributed by atoms with E-state index in [-0.39, 0.29) is 5.91 Å². The molecule has 2 aromatic rings. The molecule has 0 radical (unpaired) electrons. The summed E-state index contributed by atoms with van der Waals surface area (Å²) in [6.45, 7) is 6.90. The Hall–Kier alpha value is -2.07. The molecule has 26 heavy (non-hydrogen) atoms. The molecule has 0 atom stereocenters. The molecular weight excluding hydrogens is 324 g/mol. The largest absolute Gasteiger partial charge is 0.467 e.